The summed E-state index contributed by atoms with van der Waals surface area (Å²) < 4.78 is 5.10. The molecule has 0 atom stereocenters. The SMILES string of the molecule is COc1ccc(NC(=O)Nc2cccc(/C(=C\C(=O)NO)c3ccccc3)c2)cc1. The highest BCUT2D eigenvalue weighted by Crippen LogP contribution is 2.25. The monoisotopic (exact) mass is 403 g/mol. The van der Waals surface area contributed by atoms with Gasteiger partial charge in [-0.25, -0.2) is 10.3 Å². The van der Waals surface area contributed by atoms with Crippen molar-refractivity contribution < 1.29 is 19.5 Å². The molecule has 0 saturated carbocycles. The standard InChI is InChI=1S/C23H21N3O4/c1-30-20-12-10-18(11-13-20)24-23(28)25-19-9-5-8-17(14-19)21(15-22(27)26-29)16-6-3-2-4-7-16/h2-15,29H,1H3,(H,26,27)(H2,24,25,28)/b21-15-. The summed E-state index contributed by atoms with van der Waals surface area (Å²) in [4.78, 5) is 24.1. The van der Waals surface area contributed by atoms with E-state index in [0.29, 0.717) is 28.3 Å². The van der Waals surface area contributed by atoms with E-state index in [2.05, 4.69) is 10.6 Å². The molecule has 0 aliphatic rings. The minimum Gasteiger partial charge on any atom is -0.497 e. The van der Waals surface area contributed by atoms with Gasteiger partial charge in [-0.05, 0) is 53.1 Å². The zero-order valence-electron chi connectivity index (χ0n) is 16.3. The van der Waals surface area contributed by atoms with E-state index in [1.165, 1.54) is 6.08 Å². The smallest absolute Gasteiger partial charge is 0.323 e. The van der Waals surface area contributed by atoms with Crippen LogP contribution in [0.25, 0.3) is 5.57 Å². The number of hydrogen-bond donors (Lipinski definition) is 4. The number of carbonyl (C=O) groups is 2. The number of urea groups is 1. The Balaban J connectivity index is 1.80. The average molecular weight is 403 g/mol. The molecule has 0 unspecified atom stereocenters. The van der Waals surface area contributed by atoms with E-state index < -0.39 is 11.9 Å². The Bertz CT molecular complexity index is 1050. The van der Waals surface area contributed by atoms with Crippen LogP contribution < -0.4 is 20.9 Å². The van der Waals surface area contributed by atoms with Crippen molar-refractivity contribution >= 4 is 28.9 Å². The lowest BCUT2D eigenvalue weighted by Gasteiger charge is -2.12. The van der Waals surface area contributed by atoms with Crippen LogP contribution in [0.1, 0.15) is 11.1 Å². The molecular formula is C23H21N3O4. The summed E-state index contributed by atoms with van der Waals surface area (Å²) >= 11 is 0. The Labute approximate surface area is 174 Å². The molecule has 7 nitrogen and oxygen atoms in total. The van der Waals surface area contributed by atoms with Gasteiger partial charge in [0.2, 0.25) is 0 Å². The van der Waals surface area contributed by atoms with Gasteiger partial charge in [-0.3, -0.25) is 10.0 Å². The lowest BCUT2D eigenvalue weighted by atomic mass is 9.97. The predicted octanol–water partition coefficient (Wildman–Crippen LogP) is 4.28. The number of nitrogens with one attached hydrogen (secondary N) is 3. The molecule has 3 amide bonds. The largest absolute Gasteiger partial charge is 0.497 e. The highest BCUT2D eigenvalue weighted by Gasteiger charge is 2.10. The van der Waals surface area contributed by atoms with Gasteiger partial charge < -0.3 is 15.4 Å². The van der Waals surface area contributed by atoms with Crippen molar-refractivity contribution in [3.63, 3.8) is 0 Å². The number of carbonyl (C=O) groups excluding carboxylic acids is 2. The minimum atomic E-state index is -0.649. The van der Waals surface area contributed by atoms with Gasteiger partial charge in [0.1, 0.15) is 5.75 Å². The number of ether oxygens (including phenoxy) is 1. The van der Waals surface area contributed by atoms with E-state index in [1.807, 2.05) is 36.4 Å². The highest BCUT2D eigenvalue weighted by molar-refractivity contribution is 6.01. The van der Waals surface area contributed by atoms with Crippen molar-refractivity contribution in [2.24, 2.45) is 0 Å². The van der Waals surface area contributed by atoms with E-state index in [-0.39, 0.29) is 0 Å². The normalized spacial score (nSPS) is 10.8. The van der Waals surface area contributed by atoms with Gasteiger partial charge >= 0.3 is 6.03 Å². The second-order valence-corrected chi connectivity index (χ2v) is 6.29. The number of hydroxylamine groups is 1. The van der Waals surface area contributed by atoms with Crippen LogP contribution >= 0.6 is 0 Å². The summed E-state index contributed by atoms with van der Waals surface area (Å²) in [6, 6.07) is 22.9. The summed E-state index contributed by atoms with van der Waals surface area (Å²) in [5, 5.41) is 14.4. The van der Waals surface area contributed by atoms with Crippen LogP contribution in [0.5, 0.6) is 5.75 Å². The molecule has 0 radical (unpaired) electrons. The average Bonchev–Trinajstić information content (AvgIpc) is 2.78. The number of benzene rings is 3. The van der Waals surface area contributed by atoms with Gasteiger partial charge in [-0.1, -0.05) is 42.5 Å². The van der Waals surface area contributed by atoms with Crippen molar-refractivity contribution in [3.05, 3.63) is 96.1 Å². The van der Waals surface area contributed by atoms with Gasteiger partial charge in [-0.15, -0.1) is 0 Å². The van der Waals surface area contributed by atoms with Crippen molar-refractivity contribution in [2.75, 3.05) is 17.7 Å². The fourth-order valence-electron chi connectivity index (χ4n) is 2.85. The Kier molecular flexibility index (Phi) is 6.81. The van der Waals surface area contributed by atoms with Crippen LogP contribution in [0, 0.1) is 0 Å². The van der Waals surface area contributed by atoms with Crippen molar-refractivity contribution in [1.82, 2.24) is 5.48 Å². The van der Waals surface area contributed by atoms with E-state index in [4.69, 9.17) is 9.94 Å². The molecule has 30 heavy (non-hydrogen) atoms. The summed E-state index contributed by atoms with van der Waals surface area (Å²) in [5.41, 5.74) is 4.87. The Morgan fingerprint density at radius 3 is 2.17 bits per heavy atom. The number of anilines is 2. The third kappa shape index (κ3) is 5.46. The van der Waals surface area contributed by atoms with E-state index in [0.717, 1.165) is 5.56 Å². The van der Waals surface area contributed by atoms with Gasteiger partial charge in [0.05, 0.1) is 7.11 Å². The van der Waals surface area contributed by atoms with Crippen LogP contribution in [0.4, 0.5) is 16.2 Å². The molecule has 0 fully saturated rings. The molecular weight excluding hydrogens is 382 g/mol. The Morgan fingerprint density at radius 2 is 1.50 bits per heavy atom. The van der Waals surface area contributed by atoms with E-state index in [9.17, 15) is 9.59 Å². The first kappa shape index (κ1) is 20.6. The Morgan fingerprint density at radius 1 is 0.833 bits per heavy atom. The van der Waals surface area contributed by atoms with E-state index >= 15 is 0 Å². The summed E-state index contributed by atoms with van der Waals surface area (Å²) in [5.74, 6) is 0.0465. The Hall–Kier alpha value is -4.10. The maximum absolute atomic E-state index is 12.3. The molecule has 0 aliphatic carbocycles. The maximum atomic E-state index is 12.3. The van der Waals surface area contributed by atoms with Gasteiger partial charge in [0, 0.05) is 17.5 Å². The number of methoxy groups -OCH3 is 1. The van der Waals surface area contributed by atoms with Crippen LogP contribution in [0.3, 0.4) is 0 Å². The maximum Gasteiger partial charge on any atom is 0.323 e. The fraction of sp³-hybridized carbons (Fsp3) is 0.0435. The van der Waals surface area contributed by atoms with Crippen molar-refractivity contribution in [2.45, 2.75) is 0 Å². The lowest BCUT2D eigenvalue weighted by Crippen LogP contribution is -2.19. The minimum absolute atomic E-state index is 0.407. The molecule has 3 aromatic carbocycles. The van der Waals surface area contributed by atoms with Crippen LogP contribution in [0.15, 0.2) is 84.9 Å². The highest BCUT2D eigenvalue weighted by atomic mass is 16.5. The number of amides is 3. The molecule has 0 bridgehead atoms. The molecule has 0 saturated heterocycles. The summed E-state index contributed by atoms with van der Waals surface area (Å²) in [7, 11) is 1.57. The molecule has 152 valence electrons. The quantitative estimate of drug-likeness (QED) is 0.280. The molecule has 3 rings (SSSR count). The molecule has 0 heterocycles. The summed E-state index contributed by atoms with van der Waals surface area (Å²) in [6.07, 6.45) is 1.30. The predicted molar refractivity (Wildman–Crippen MR) is 116 cm³/mol. The first-order valence-corrected chi connectivity index (χ1v) is 9.12. The van der Waals surface area contributed by atoms with Gasteiger partial charge in [-0.2, -0.15) is 0 Å². The van der Waals surface area contributed by atoms with Crippen LogP contribution in [-0.4, -0.2) is 24.3 Å². The lowest BCUT2D eigenvalue weighted by molar-refractivity contribution is -0.124. The van der Waals surface area contributed by atoms with Gasteiger partial charge in [0.25, 0.3) is 5.91 Å². The molecule has 7 heteroatoms. The third-order valence-corrected chi connectivity index (χ3v) is 4.25. The molecule has 0 spiro atoms. The van der Waals surface area contributed by atoms with Crippen LogP contribution in [0.2, 0.25) is 0 Å². The van der Waals surface area contributed by atoms with Crippen molar-refractivity contribution in [3.8, 4) is 5.75 Å². The first-order chi connectivity index (χ1) is 14.6. The zero-order chi connectivity index (χ0) is 21.3. The first-order valence-electron chi connectivity index (χ1n) is 9.12. The number of hydrogen-bond acceptors (Lipinski definition) is 4. The van der Waals surface area contributed by atoms with Gasteiger partial charge in [0.15, 0.2) is 0 Å². The second-order valence-electron chi connectivity index (χ2n) is 6.29. The second kappa shape index (κ2) is 9.90. The summed E-state index contributed by atoms with van der Waals surface area (Å²) in [6.45, 7) is 0. The van der Waals surface area contributed by atoms with Crippen molar-refractivity contribution in [1.29, 1.82) is 0 Å². The topological polar surface area (TPSA) is 99.7 Å². The molecule has 0 aliphatic heterocycles. The number of rotatable bonds is 6. The fourth-order valence-corrected chi connectivity index (χ4v) is 2.85. The van der Waals surface area contributed by atoms with Crippen LogP contribution in [-0.2, 0) is 4.79 Å². The van der Waals surface area contributed by atoms with E-state index in [1.54, 1.807) is 55.1 Å². The third-order valence-electron chi connectivity index (χ3n) is 4.25. The molecule has 0 aromatic heterocycles. The zero-order valence-corrected chi connectivity index (χ0v) is 16.3. The molecule has 4 N–H and O–H groups in total. The molecule has 3 aromatic rings.